The molecule has 3 aromatic rings. The van der Waals surface area contributed by atoms with Crippen LogP contribution < -0.4 is 10.1 Å². The molecule has 0 unspecified atom stereocenters. The van der Waals surface area contributed by atoms with Crippen molar-refractivity contribution < 1.29 is 19.4 Å². The van der Waals surface area contributed by atoms with E-state index < -0.39 is 11.9 Å². The number of anilines is 1. The summed E-state index contributed by atoms with van der Waals surface area (Å²) in [5.41, 5.74) is 2.82. The second-order valence-electron chi connectivity index (χ2n) is 8.20. The van der Waals surface area contributed by atoms with Gasteiger partial charge in [-0.05, 0) is 52.9 Å². The third kappa shape index (κ3) is 5.06. The summed E-state index contributed by atoms with van der Waals surface area (Å²) in [6.07, 6.45) is 0. The van der Waals surface area contributed by atoms with Gasteiger partial charge in [0.15, 0.2) is 0 Å². The highest BCUT2D eigenvalue weighted by Crippen LogP contribution is 2.35. The van der Waals surface area contributed by atoms with Crippen LogP contribution >= 0.6 is 11.6 Å². The van der Waals surface area contributed by atoms with E-state index in [0.29, 0.717) is 27.5 Å². The molecule has 0 radical (unpaired) electrons. The zero-order chi connectivity index (χ0) is 22.8. The van der Waals surface area contributed by atoms with Crippen LogP contribution in [-0.2, 0) is 5.41 Å². The summed E-state index contributed by atoms with van der Waals surface area (Å²) >= 11 is 6.45. The molecule has 0 aliphatic rings. The average Bonchev–Trinajstić information content (AvgIpc) is 2.73. The lowest BCUT2D eigenvalue weighted by Gasteiger charge is -2.19. The van der Waals surface area contributed by atoms with Gasteiger partial charge in [-0.2, -0.15) is 0 Å². The second kappa shape index (κ2) is 8.82. The van der Waals surface area contributed by atoms with Crippen molar-refractivity contribution in [3.05, 3.63) is 82.4 Å². The average molecular weight is 438 g/mol. The van der Waals surface area contributed by atoms with Crippen molar-refractivity contribution in [2.24, 2.45) is 0 Å². The molecule has 0 fully saturated rings. The molecular formula is C25H24ClNO4. The third-order valence-electron chi connectivity index (χ3n) is 4.98. The first-order valence-corrected chi connectivity index (χ1v) is 10.1. The van der Waals surface area contributed by atoms with Gasteiger partial charge >= 0.3 is 5.97 Å². The number of carboxylic acids is 1. The Morgan fingerprint density at radius 1 is 1.00 bits per heavy atom. The Kier molecular flexibility index (Phi) is 6.37. The van der Waals surface area contributed by atoms with E-state index in [1.54, 1.807) is 37.4 Å². The lowest BCUT2D eigenvalue weighted by molar-refractivity contribution is 0.0698. The lowest BCUT2D eigenvalue weighted by Crippen LogP contribution is -2.16. The Hall–Kier alpha value is -3.31. The first-order valence-electron chi connectivity index (χ1n) is 9.73. The van der Waals surface area contributed by atoms with E-state index in [1.807, 2.05) is 18.2 Å². The molecule has 0 aliphatic heterocycles. The first-order chi connectivity index (χ1) is 14.6. The van der Waals surface area contributed by atoms with Crippen molar-refractivity contribution >= 4 is 29.2 Å². The standard InChI is InChI=1S/C25H24ClNO4/c1-25(2,3)17-10-8-15(9-11-17)23(28)27-22-14-21(26)19(13-20(22)24(29)30)16-6-5-7-18(12-16)31-4/h5-14H,1-4H3,(H,27,28)(H,29,30). The van der Waals surface area contributed by atoms with Crippen LogP contribution in [0, 0.1) is 0 Å². The molecule has 0 bridgehead atoms. The van der Waals surface area contributed by atoms with E-state index in [4.69, 9.17) is 16.3 Å². The predicted molar refractivity (Wildman–Crippen MR) is 123 cm³/mol. The Morgan fingerprint density at radius 2 is 1.68 bits per heavy atom. The van der Waals surface area contributed by atoms with Gasteiger partial charge in [0.2, 0.25) is 0 Å². The highest BCUT2D eigenvalue weighted by Gasteiger charge is 2.19. The van der Waals surface area contributed by atoms with E-state index in [1.165, 1.54) is 12.1 Å². The van der Waals surface area contributed by atoms with Crippen LogP contribution in [0.15, 0.2) is 60.7 Å². The van der Waals surface area contributed by atoms with Crippen molar-refractivity contribution in [2.45, 2.75) is 26.2 Å². The first kappa shape index (κ1) is 22.4. The number of halogens is 1. The van der Waals surface area contributed by atoms with Gasteiger partial charge in [0.25, 0.3) is 5.91 Å². The summed E-state index contributed by atoms with van der Waals surface area (Å²) in [5.74, 6) is -0.950. The molecule has 0 aromatic heterocycles. The molecule has 0 saturated carbocycles. The maximum absolute atomic E-state index is 12.7. The van der Waals surface area contributed by atoms with Gasteiger partial charge in [-0.3, -0.25) is 4.79 Å². The summed E-state index contributed by atoms with van der Waals surface area (Å²) in [7, 11) is 1.55. The largest absolute Gasteiger partial charge is 0.497 e. The molecule has 5 nitrogen and oxygen atoms in total. The molecule has 0 saturated heterocycles. The molecule has 0 atom stereocenters. The monoisotopic (exact) mass is 437 g/mol. The van der Waals surface area contributed by atoms with Crippen molar-refractivity contribution in [3.8, 4) is 16.9 Å². The molecule has 160 valence electrons. The summed E-state index contributed by atoms with van der Waals surface area (Å²) in [5, 5.41) is 12.7. The maximum atomic E-state index is 12.7. The minimum atomic E-state index is -1.17. The predicted octanol–water partition coefficient (Wildman–Crippen LogP) is 6.26. The molecule has 0 spiro atoms. The van der Waals surface area contributed by atoms with Crippen molar-refractivity contribution in [3.63, 3.8) is 0 Å². The molecule has 3 rings (SSSR count). The van der Waals surface area contributed by atoms with Crippen molar-refractivity contribution in [1.29, 1.82) is 0 Å². The highest BCUT2D eigenvalue weighted by atomic mass is 35.5. The topological polar surface area (TPSA) is 75.6 Å². The van der Waals surface area contributed by atoms with Crippen LogP contribution in [0.25, 0.3) is 11.1 Å². The minimum absolute atomic E-state index is 0.0328. The number of benzene rings is 3. The fraction of sp³-hybridized carbons (Fsp3) is 0.200. The molecule has 6 heteroatoms. The number of nitrogens with one attached hydrogen (secondary N) is 1. The van der Waals surface area contributed by atoms with Crippen molar-refractivity contribution in [2.75, 3.05) is 12.4 Å². The maximum Gasteiger partial charge on any atom is 0.337 e. The molecule has 1 amide bonds. The number of amides is 1. The summed E-state index contributed by atoms with van der Waals surface area (Å²) in [6.45, 7) is 6.27. The van der Waals surface area contributed by atoms with E-state index in [0.717, 1.165) is 5.56 Å². The minimum Gasteiger partial charge on any atom is -0.497 e. The van der Waals surface area contributed by atoms with Crippen LogP contribution in [0.1, 0.15) is 47.1 Å². The molecule has 31 heavy (non-hydrogen) atoms. The number of ether oxygens (including phenoxy) is 1. The van der Waals surface area contributed by atoms with Gasteiger partial charge in [0.1, 0.15) is 5.75 Å². The number of carbonyl (C=O) groups excluding carboxylic acids is 1. The smallest absolute Gasteiger partial charge is 0.337 e. The second-order valence-corrected chi connectivity index (χ2v) is 8.60. The molecule has 3 aromatic carbocycles. The lowest BCUT2D eigenvalue weighted by atomic mass is 9.86. The summed E-state index contributed by atoms with van der Waals surface area (Å²) in [4.78, 5) is 24.6. The summed E-state index contributed by atoms with van der Waals surface area (Å²) in [6, 6.07) is 17.3. The van der Waals surface area contributed by atoms with Gasteiger partial charge in [-0.15, -0.1) is 0 Å². The Bertz CT molecular complexity index is 1130. The number of carboxylic acid groups (broad SMARTS) is 1. The number of hydrogen-bond acceptors (Lipinski definition) is 3. The number of carbonyl (C=O) groups is 2. The molecule has 0 heterocycles. The summed E-state index contributed by atoms with van der Waals surface area (Å²) < 4.78 is 5.23. The fourth-order valence-corrected chi connectivity index (χ4v) is 3.45. The Labute approximate surface area is 186 Å². The molecule has 0 aliphatic carbocycles. The van der Waals surface area contributed by atoms with Crippen LogP contribution in [0.4, 0.5) is 5.69 Å². The van der Waals surface area contributed by atoms with Crippen LogP contribution in [-0.4, -0.2) is 24.1 Å². The molecular weight excluding hydrogens is 414 g/mol. The third-order valence-corrected chi connectivity index (χ3v) is 5.29. The highest BCUT2D eigenvalue weighted by molar-refractivity contribution is 6.34. The van der Waals surface area contributed by atoms with Crippen LogP contribution in [0.3, 0.4) is 0 Å². The van der Waals surface area contributed by atoms with Gasteiger partial charge in [0, 0.05) is 11.1 Å². The fourth-order valence-electron chi connectivity index (χ4n) is 3.18. The van der Waals surface area contributed by atoms with E-state index in [-0.39, 0.29) is 16.7 Å². The van der Waals surface area contributed by atoms with E-state index >= 15 is 0 Å². The number of hydrogen-bond donors (Lipinski definition) is 2. The number of aromatic carboxylic acids is 1. The van der Waals surface area contributed by atoms with Gasteiger partial charge in [0.05, 0.1) is 23.4 Å². The van der Waals surface area contributed by atoms with E-state index in [2.05, 4.69) is 26.1 Å². The van der Waals surface area contributed by atoms with Crippen molar-refractivity contribution in [1.82, 2.24) is 0 Å². The Morgan fingerprint density at radius 3 is 2.26 bits per heavy atom. The zero-order valence-corrected chi connectivity index (χ0v) is 18.6. The van der Waals surface area contributed by atoms with E-state index in [9.17, 15) is 14.7 Å². The number of rotatable bonds is 5. The Balaban J connectivity index is 1.95. The van der Waals surface area contributed by atoms with Gasteiger partial charge in [-0.1, -0.05) is 56.6 Å². The van der Waals surface area contributed by atoms with Gasteiger partial charge < -0.3 is 15.2 Å². The van der Waals surface area contributed by atoms with Crippen LogP contribution in [0.2, 0.25) is 5.02 Å². The zero-order valence-electron chi connectivity index (χ0n) is 17.8. The normalized spacial score (nSPS) is 11.1. The van der Waals surface area contributed by atoms with Gasteiger partial charge in [-0.25, -0.2) is 4.79 Å². The SMILES string of the molecule is COc1cccc(-c2cc(C(=O)O)c(NC(=O)c3ccc(C(C)(C)C)cc3)cc2Cl)c1. The number of methoxy groups -OCH3 is 1. The van der Waals surface area contributed by atoms with Crippen LogP contribution in [0.5, 0.6) is 5.75 Å². The molecule has 2 N–H and O–H groups in total. The quantitative estimate of drug-likeness (QED) is 0.493.